The molecule has 2 radical (unpaired) electrons. The van der Waals surface area contributed by atoms with Crippen LogP contribution in [0.25, 0.3) is 6.08 Å². The number of hydrogen-bond acceptors (Lipinski definition) is 2. The van der Waals surface area contributed by atoms with Crippen LogP contribution >= 0.6 is 11.3 Å². The molecule has 0 saturated heterocycles. The molecular weight excluding hydrogens is 159 g/mol. The van der Waals surface area contributed by atoms with Crippen LogP contribution in [0.2, 0.25) is 0 Å². The molecular formula is C7H5BO2S. The first-order valence-corrected chi connectivity index (χ1v) is 3.76. The third kappa shape index (κ3) is 2.59. The van der Waals surface area contributed by atoms with Crippen molar-refractivity contribution >= 4 is 36.0 Å². The molecule has 0 spiro atoms. The predicted octanol–water partition coefficient (Wildman–Crippen LogP) is 0.640. The van der Waals surface area contributed by atoms with Crippen LogP contribution in [0.15, 0.2) is 18.2 Å². The van der Waals surface area contributed by atoms with Gasteiger partial charge in [0.2, 0.25) is 0 Å². The van der Waals surface area contributed by atoms with E-state index in [0.717, 1.165) is 11.0 Å². The van der Waals surface area contributed by atoms with Crippen LogP contribution in [0.3, 0.4) is 0 Å². The lowest BCUT2D eigenvalue weighted by atomic mass is 10.1. The van der Waals surface area contributed by atoms with Crippen molar-refractivity contribution in [1.29, 1.82) is 0 Å². The third-order valence-electron chi connectivity index (χ3n) is 1.04. The molecule has 0 atom stereocenters. The molecule has 0 aliphatic heterocycles. The van der Waals surface area contributed by atoms with Crippen LogP contribution in [-0.4, -0.2) is 18.9 Å². The average molecular weight is 164 g/mol. The Morgan fingerprint density at radius 1 is 1.64 bits per heavy atom. The first kappa shape index (κ1) is 8.08. The summed E-state index contributed by atoms with van der Waals surface area (Å²) in [6.45, 7) is 0. The van der Waals surface area contributed by atoms with Gasteiger partial charge in [-0.15, -0.1) is 0 Å². The Bertz CT molecular complexity index is 290. The smallest absolute Gasteiger partial charge is 0.328 e. The Hall–Kier alpha value is -1.03. The Morgan fingerprint density at radius 3 is 2.82 bits per heavy atom. The molecule has 11 heavy (non-hydrogen) atoms. The molecule has 0 fully saturated rings. The summed E-state index contributed by atoms with van der Waals surface area (Å²) in [5.74, 6) is -0.947. The van der Waals surface area contributed by atoms with E-state index in [1.165, 1.54) is 17.4 Å². The molecule has 1 heterocycles. The summed E-state index contributed by atoms with van der Waals surface area (Å²) >= 11 is 1.36. The second-order valence-corrected chi connectivity index (χ2v) is 3.06. The molecule has 1 aromatic rings. The normalized spacial score (nSPS) is 10.5. The largest absolute Gasteiger partial charge is 0.478 e. The van der Waals surface area contributed by atoms with Crippen LogP contribution in [0.4, 0.5) is 0 Å². The van der Waals surface area contributed by atoms with Crippen LogP contribution in [0, 0.1) is 0 Å². The number of hydrogen-bond donors (Lipinski definition) is 1. The fraction of sp³-hybridized carbons (Fsp3) is 0. The summed E-state index contributed by atoms with van der Waals surface area (Å²) < 4.78 is 0.690. The zero-order chi connectivity index (χ0) is 8.27. The van der Waals surface area contributed by atoms with E-state index in [9.17, 15) is 4.79 Å². The average Bonchev–Trinajstić information content (AvgIpc) is 2.31. The molecule has 2 nitrogen and oxygen atoms in total. The molecule has 0 aliphatic carbocycles. The summed E-state index contributed by atoms with van der Waals surface area (Å²) in [5.41, 5.74) is 0. The zero-order valence-electron chi connectivity index (χ0n) is 5.65. The maximum absolute atomic E-state index is 10.1. The standard InChI is InChI=1S/C7H5BO2S/c8-6-3-1-5(11-6)2-4-7(9)10/h1-4H,(H,9,10)/b4-2+. The van der Waals surface area contributed by atoms with Gasteiger partial charge in [0.05, 0.1) is 0 Å². The number of carboxylic acids is 1. The van der Waals surface area contributed by atoms with Crippen molar-refractivity contribution in [2.75, 3.05) is 0 Å². The van der Waals surface area contributed by atoms with Crippen LogP contribution in [-0.2, 0) is 4.79 Å². The minimum absolute atomic E-state index is 0.690. The lowest BCUT2D eigenvalue weighted by molar-refractivity contribution is -0.131. The van der Waals surface area contributed by atoms with Gasteiger partial charge in [0.25, 0.3) is 0 Å². The van der Waals surface area contributed by atoms with Gasteiger partial charge in [-0.2, -0.15) is 11.3 Å². The second kappa shape index (κ2) is 3.39. The SMILES string of the molecule is [B]c1ccc(/C=C/C(=O)O)s1. The van der Waals surface area contributed by atoms with E-state index in [-0.39, 0.29) is 0 Å². The third-order valence-corrected chi connectivity index (χ3v) is 1.92. The Labute approximate surface area is 69.6 Å². The van der Waals surface area contributed by atoms with Crippen molar-refractivity contribution in [3.63, 3.8) is 0 Å². The highest BCUT2D eigenvalue weighted by atomic mass is 32.1. The van der Waals surface area contributed by atoms with Gasteiger partial charge in [0.1, 0.15) is 7.85 Å². The van der Waals surface area contributed by atoms with Crippen molar-refractivity contribution in [2.45, 2.75) is 0 Å². The first-order chi connectivity index (χ1) is 5.18. The van der Waals surface area contributed by atoms with E-state index in [1.807, 2.05) is 0 Å². The molecule has 1 rings (SSSR count). The van der Waals surface area contributed by atoms with Gasteiger partial charge in [-0.1, -0.05) is 6.07 Å². The predicted molar refractivity (Wildman–Crippen MR) is 46.4 cm³/mol. The first-order valence-electron chi connectivity index (χ1n) is 2.95. The molecule has 1 aromatic heterocycles. The highest BCUT2D eigenvalue weighted by molar-refractivity contribution is 7.20. The molecule has 0 bridgehead atoms. The van der Waals surface area contributed by atoms with Gasteiger partial charge in [0.15, 0.2) is 0 Å². The van der Waals surface area contributed by atoms with Crippen molar-refractivity contribution in [2.24, 2.45) is 0 Å². The molecule has 0 saturated carbocycles. The summed E-state index contributed by atoms with van der Waals surface area (Å²) in [6.07, 6.45) is 2.61. The van der Waals surface area contributed by atoms with Crippen molar-refractivity contribution in [1.82, 2.24) is 0 Å². The molecule has 0 amide bonds. The molecule has 0 aliphatic rings. The maximum Gasteiger partial charge on any atom is 0.328 e. The van der Waals surface area contributed by atoms with E-state index >= 15 is 0 Å². The number of carboxylic acid groups (broad SMARTS) is 1. The van der Waals surface area contributed by atoms with Crippen LogP contribution < -0.4 is 4.78 Å². The monoisotopic (exact) mass is 164 g/mol. The molecule has 54 valence electrons. The van der Waals surface area contributed by atoms with Gasteiger partial charge in [-0.3, -0.25) is 0 Å². The van der Waals surface area contributed by atoms with Gasteiger partial charge < -0.3 is 5.11 Å². The van der Waals surface area contributed by atoms with E-state index in [0.29, 0.717) is 4.78 Å². The highest BCUT2D eigenvalue weighted by Crippen LogP contribution is 2.06. The van der Waals surface area contributed by atoms with Gasteiger partial charge in [-0.25, -0.2) is 4.79 Å². The van der Waals surface area contributed by atoms with Crippen molar-refractivity contribution in [3.05, 3.63) is 23.1 Å². The maximum atomic E-state index is 10.1. The second-order valence-electron chi connectivity index (χ2n) is 1.91. The lowest BCUT2D eigenvalue weighted by Crippen LogP contribution is -1.88. The van der Waals surface area contributed by atoms with Crippen molar-refractivity contribution < 1.29 is 9.90 Å². The van der Waals surface area contributed by atoms with Gasteiger partial charge in [-0.05, 0) is 16.9 Å². The van der Waals surface area contributed by atoms with Crippen molar-refractivity contribution in [3.8, 4) is 0 Å². The molecule has 1 N–H and O–H groups in total. The fourth-order valence-electron chi connectivity index (χ4n) is 0.611. The minimum Gasteiger partial charge on any atom is -0.478 e. The number of thiophene rings is 1. The topological polar surface area (TPSA) is 37.3 Å². The number of aliphatic carboxylic acids is 1. The van der Waals surface area contributed by atoms with E-state index in [1.54, 1.807) is 12.1 Å². The number of rotatable bonds is 2. The van der Waals surface area contributed by atoms with E-state index in [4.69, 9.17) is 13.0 Å². The number of carbonyl (C=O) groups is 1. The zero-order valence-corrected chi connectivity index (χ0v) is 6.47. The molecule has 0 aromatic carbocycles. The Kier molecular flexibility index (Phi) is 2.49. The Balaban J connectivity index is 2.71. The molecule has 0 unspecified atom stereocenters. The van der Waals surface area contributed by atoms with Gasteiger partial charge in [0, 0.05) is 11.0 Å². The lowest BCUT2D eigenvalue weighted by Gasteiger charge is -1.80. The molecule has 4 heteroatoms. The quantitative estimate of drug-likeness (QED) is 0.514. The van der Waals surface area contributed by atoms with Crippen LogP contribution in [0.5, 0.6) is 0 Å². The van der Waals surface area contributed by atoms with Gasteiger partial charge >= 0.3 is 5.97 Å². The summed E-state index contributed by atoms with van der Waals surface area (Å²) in [6, 6.07) is 3.52. The fourth-order valence-corrected chi connectivity index (χ4v) is 1.29. The van der Waals surface area contributed by atoms with E-state index < -0.39 is 5.97 Å². The highest BCUT2D eigenvalue weighted by Gasteiger charge is 1.91. The van der Waals surface area contributed by atoms with Crippen LogP contribution in [0.1, 0.15) is 4.88 Å². The Morgan fingerprint density at radius 2 is 2.36 bits per heavy atom. The minimum atomic E-state index is -0.947. The summed E-state index contributed by atoms with van der Waals surface area (Å²) in [4.78, 5) is 10.9. The summed E-state index contributed by atoms with van der Waals surface area (Å²) in [7, 11) is 5.42. The summed E-state index contributed by atoms with van der Waals surface area (Å²) in [5, 5.41) is 8.27. The van der Waals surface area contributed by atoms with E-state index in [2.05, 4.69) is 0 Å².